The largest absolute Gasteiger partial charge is 0.375 e. The van der Waals surface area contributed by atoms with Crippen LogP contribution >= 0.6 is 0 Å². The SMILES string of the molecule is CNC1(CC2CC3CCC2O3)CC1. The van der Waals surface area contributed by atoms with Gasteiger partial charge in [-0.1, -0.05) is 0 Å². The van der Waals surface area contributed by atoms with Crippen LogP contribution in [-0.4, -0.2) is 24.8 Å². The lowest BCUT2D eigenvalue weighted by atomic mass is 9.84. The van der Waals surface area contributed by atoms with E-state index in [1.165, 1.54) is 38.5 Å². The van der Waals surface area contributed by atoms with E-state index >= 15 is 0 Å². The van der Waals surface area contributed by atoms with Gasteiger partial charge in [0.2, 0.25) is 0 Å². The zero-order valence-corrected chi connectivity index (χ0v) is 8.38. The molecule has 3 aliphatic rings. The molecule has 74 valence electrons. The lowest BCUT2D eigenvalue weighted by Gasteiger charge is -2.24. The standard InChI is InChI=1S/C11H19NO/c1-12-11(4-5-11)7-8-6-9-2-3-10(8)13-9/h8-10,12H,2-7H2,1H3. The summed E-state index contributed by atoms with van der Waals surface area (Å²) in [6.45, 7) is 0. The second kappa shape index (κ2) is 2.71. The van der Waals surface area contributed by atoms with E-state index in [9.17, 15) is 0 Å². The van der Waals surface area contributed by atoms with Gasteiger partial charge in [-0.15, -0.1) is 0 Å². The van der Waals surface area contributed by atoms with Crippen molar-refractivity contribution in [2.45, 2.75) is 56.3 Å². The molecular weight excluding hydrogens is 162 g/mol. The third-order valence-electron chi connectivity index (χ3n) is 4.27. The minimum Gasteiger partial charge on any atom is -0.375 e. The predicted molar refractivity (Wildman–Crippen MR) is 51.6 cm³/mol. The minimum atomic E-state index is 0.526. The predicted octanol–water partition coefficient (Wildman–Crippen LogP) is 1.70. The van der Waals surface area contributed by atoms with Gasteiger partial charge in [-0.05, 0) is 51.5 Å². The molecule has 0 spiro atoms. The van der Waals surface area contributed by atoms with Gasteiger partial charge in [0, 0.05) is 5.54 Å². The number of fused-ring (bicyclic) bond motifs is 2. The molecule has 3 unspecified atom stereocenters. The van der Waals surface area contributed by atoms with Gasteiger partial charge in [0.05, 0.1) is 12.2 Å². The number of hydrogen-bond acceptors (Lipinski definition) is 2. The maximum Gasteiger partial charge on any atom is 0.0609 e. The molecule has 2 heteroatoms. The molecule has 3 fully saturated rings. The minimum absolute atomic E-state index is 0.526. The molecule has 2 nitrogen and oxygen atoms in total. The van der Waals surface area contributed by atoms with E-state index in [2.05, 4.69) is 12.4 Å². The zero-order chi connectivity index (χ0) is 8.89. The van der Waals surface area contributed by atoms with E-state index in [1.54, 1.807) is 0 Å². The molecule has 0 amide bonds. The molecule has 1 N–H and O–H groups in total. The van der Waals surface area contributed by atoms with Crippen LogP contribution in [0, 0.1) is 5.92 Å². The molecule has 2 heterocycles. The summed E-state index contributed by atoms with van der Waals surface area (Å²) in [5.41, 5.74) is 0.526. The topological polar surface area (TPSA) is 21.3 Å². The highest BCUT2D eigenvalue weighted by atomic mass is 16.5. The van der Waals surface area contributed by atoms with Crippen molar-refractivity contribution in [1.82, 2.24) is 5.32 Å². The Morgan fingerprint density at radius 3 is 2.69 bits per heavy atom. The lowest BCUT2D eigenvalue weighted by molar-refractivity contribution is 0.0889. The number of ether oxygens (including phenoxy) is 1. The maximum atomic E-state index is 5.88. The number of nitrogens with one attached hydrogen (secondary N) is 1. The van der Waals surface area contributed by atoms with E-state index in [0.29, 0.717) is 17.7 Å². The molecule has 2 aliphatic heterocycles. The summed E-state index contributed by atoms with van der Waals surface area (Å²) in [6.07, 6.45) is 9.38. The highest BCUT2D eigenvalue weighted by molar-refractivity contribution is 5.05. The van der Waals surface area contributed by atoms with Gasteiger partial charge in [0.15, 0.2) is 0 Å². The van der Waals surface area contributed by atoms with Crippen molar-refractivity contribution in [3.8, 4) is 0 Å². The highest BCUT2D eigenvalue weighted by Gasteiger charge is 2.48. The number of hydrogen-bond donors (Lipinski definition) is 1. The van der Waals surface area contributed by atoms with Crippen molar-refractivity contribution >= 4 is 0 Å². The maximum absolute atomic E-state index is 5.88. The fourth-order valence-electron chi connectivity index (χ4n) is 3.17. The van der Waals surface area contributed by atoms with Gasteiger partial charge in [-0.3, -0.25) is 0 Å². The average Bonchev–Trinajstić information content (AvgIpc) is 2.62. The summed E-state index contributed by atoms with van der Waals surface area (Å²) < 4.78 is 5.88. The van der Waals surface area contributed by atoms with Gasteiger partial charge in [-0.25, -0.2) is 0 Å². The molecule has 0 aromatic heterocycles. The fourth-order valence-corrected chi connectivity index (χ4v) is 3.17. The third-order valence-corrected chi connectivity index (χ3v) is 4.27. The molecule has 2 bridgehead atoms. The van der Waals surface area contributed by atoms with Crippen LogP contribution in [0.15, 0.2) is 0 Å². The second-order valence-electron chi connectivity index (χ2n) is 5.10. The van der Waals surface area contributed by atoms with Crippen LogP contribution in [0.3, 0.4) is 0 Å². The first-order valence-corrected chi connectivity index (χ1v) is 5.66. The molecule has 0 radical (unpaired) electrons. The monoisotopic (exact) mass is 181 g/mol. The van der Waals surface area contributed by atoms with Crippen LogP contribution in [0.2, 0.25) is 0 Å². The Morgan fingerprint density at radius 1 is 1.38 bits per heavy atom. The Balaban J connectivity index is 1.62. The summed E-state index contributed by atoms with van der Waals surface area (Å²) in [4.78, 5) is 0. The van der Waals surface area contributed by atoms with E-state index < -0.39 is 0 Å². The van der Waals surface area contributed by atoms with Crippen LogP contribution in [0.4, 0.5) is 0 Å². The average molecular weight is 181 g/mol. The van der Waals surface area contributed by atoms with Gasteiger partial charge in [-0.2, -0.15) is 0 Å². The molecule has 3 atom stereocenters. The van der Waals surface area contributed by atoms with E-state index in [1.807, 2.05) is 0 Å². The van der Waals surface area contributed by atoms with Gasteiger partial charge in [0.25, 0.3) is 0 Å². The molecule has 13 heavy (non-hydrogen) atoms. The van der Waals surface area contributed by atoms with Gasteiger partial charge in [0.1, 0.15) is 0 Å². The molecule has 1 aliphatic carbocycles. The van der Waals surface area contributed by atoms with Crippen LogP contribution in [0.1, 0.15) is 38.5 Å². The van der Waals surface area contributed by atoms with Gasteiger partial charge < -0.3 is 10.1 Å². The highest BCUT2D eigenvalue weighted by Crippen LogP contribution is 2.48. The van der Waals surface area contributed by atoms with E-state index in [0.717, 1.165) is 5.92 Å². The first-order chi connectivity index (χ1) is 6.31. The summed E-state index contributed by atoms with van der Waals surface area (Å²) in [5, 5.41) is 3.48. The Hall–Kier alpha value is -0.0800. The summed E-state index contributed by atoms with van der Waals surface area (Å²) in [5.74, 6) is 0.869. The quantitative estimate of drug-likeness (QED) is 0.715. The second-order valence-corrected chi connectivity index (χ2v) is 5.10. The fraction of sp³-hybridized carbons (Fsp3) is 1.00. The summed E-state index contributed by atoms with van der Waals surface area (Å²) >= 11 is 0. The van der Waals surface area contributed by atoms with Crippen LogP contribution in [-0.2, 0) is 4.74 Å². The molecule has 0 aromatic carbocycles. The molecule has 1 saturated carbocycles. The van der Waals surface area contributed by atoms with Crippen molar-refractivity contribution < 1.29 is 4.74 Å². The smallest absolute Gasteiger partial charge is 0.0609 e. The van der Waals surface area contributed by atoms with Crippen molar-refractivity contribution in [3.63, 3.8) is 0 Å². The third kappa shape index (κ3) is 1.31. The zero-order valence-electron chi connectivity index (χ0n) is 8.38. The number of rotatable bonds is 3. The molecular formula is C11H19NO. The summed E-state index contributed by atoms with van der Waals surface area (Å²) in [6, 6.07) is 0. The first-order valence-electron chi connectivity index (χ1n) is 5.66. The van der Waals surface area contributed by atoms with Crippen molar-refractivity contribution in [2.75, 3.05) is 7.05 Å². The van der Waals surface area contributed by atoms with Gasteiger partial charge >= 0.3 is 0 Å². The van der Waals surface area contributed by atoms with E-state index in [4.69, 9.17) is 4.74 Å². The lowest BCUT2D eigenvalue weighted by Crippen LogP contribution is -2.32. The Labute approximate surface area is 80.0 Å². The Bertz CT molecular complexity index is 212. The van der Waals surface area contributed by atoms with Crippen molar-refractivity contribution in [3.05, 3.63) is 0 Å². The van der Waals surface area contributed by atoms with Crippen molar-refractivity contribution in [1.29, 1.82) is 0 Å². The molecule has 0 aromatic rings. The van der Waals surface area contributed by atoms with Crippen LogP contribution in [0.25, 0.3) is 0 Å². The van der Waals surface area contributed by atoms with Crippen molar-refractivity contribution in [2.24, 2.45) is 5.92 Å². The first kappa shape index (κ1) is 8.25. The Kier molecular flexibility index (Phi) is 1.72. The van der Waals surface area contributed by atoms with Crippen LogP contribution in [0.5, 0.6) is 0 Å². The normalized spacial score (nSPS) is 45.5. The summed E-state index contributed by atoms with van der Waals surface area (Å²) in [7, 11) is 2.11. The van der Waals surface area contributed by atoms with Crippen LogP contribution < -0.4 is 5.32 Å². The Morgan fingerprint density at radius 2 is 2.23 bits per heavy atom. The van der Waals surface area contributed by atoms with E-state index in [-0.39, 0.29) is 0 Å². The molecule has 3 rings (SSSR count). The molecule has 2 saturated heterocycles.